The largest absolute Gasteiger partial charge is 0.445 e. The molecule has 0 aromatic heterocycles. The predicted molar refractivity (Wildman–Crippen MR) is 79.2 cm³/mol. The first kappa shape index (κ1) is 15.8. The van der Waals surface area contributed by atoms with Crippen molar-refractivity contribution in [2.75, 3.05) is 27.2 Å². The zero-order chi connectivity index (χ0) is 15.5. The van der Waals surface area contributed by atoms with Gasteiger partial charge in [0, 0.05) is 27.2 Å². The summed E-state index contributed by atoms with van der Waals surface area (Å²) in [6.07, 6.45) is -0.0173. The van der Waals surface area contributed by atoms with Gasteiger partial charge < -0.3 is 9.64 Å². The first-order chi connectivity index (χ1) is 9.91. The highest BCUT2D eigenvalue weighted by Gasteiger charge is 2.36. The standard InChI is InChI=1S/C14H20N2O4S/c1-15(2)21(18,19)13-8-9-16(10-13)14(17)20-11-12-6-4-3-5-7-12/h3-7,13H,8-11H2,1-2H3. The fourth-order valence-electron chi connectivity index (χ4n) is 2.25. The molecule has 1 heterocycles. The summed E-state index contributed by atoms with van der Waals surface area (Å²) in [7, 11) is -0.315. The van der Waals surface area contributed by atoms with Crippen LogP contribution in [-0.2, 0) is 21.4 Å². The van der Waals surface area contributed by atoms with E-state index >= 15 is 0 Å². The summed E-state index contributed by atoms with van der Waals surface area (Å²) < 4.78 is 30.5. The molecule has 0 spiro atoms. The van der Waals surface area contributed by atoms with Gasteiger partial charge in [-0.25, -0.2) is 17.5 Å². The van der Waals surface area contributed by atoms with Gasteiger partial charge in [0.15, 0.2) is 0 Å². The normalized spacial score (nSPS) is 19.0. The number of amides is 1. The molecule has 1 fully saturated rings. The number of hydrogen-bond donors (Lipinski definition) is 0. The highest BCUT2D eigenvalue weighted by molar-refractivity contribution is 7.89. The Hall–Kier alpha value is -1.60. The Morgan fingerprint density at radius 3 is 2.62 bits per heavy atom. The van der Waals surface area contributed by atoms with Crippen LogP contribution < -0.4 is 0 Å². The molecule has 1 saturated heterocycles. The summed E-state index contributed by atoms with van der Waals surface area (Å²) in [5.41, 5.74) is 0.905. The van der Waals surface area contributed by atoms with E-state index in [1.54, 1.807) is 0 Å². The van der Waals surface area contributed by atoms with Crippen LogP contribution in [0.1, 0.15) is 12.0 Å². The Kier molecular flexibility index (Phi) is 4.84. The van der Waals surface area contributed by atoms with Crippen molar-refractivity contribution in [3.05, 3.63) is 35.9 Å². The highest BCUT2D eigenvalue weighted by Crippen LogP contribution is 2.19. The first-order valence-corrected chi connectivity index (χ1v) is 8.28. The van der Waals surface area contributed by atoms with E-state index in [4.69, 9.17) is 4.74 Å². The number of ether oxygens (including phenoxy) is 1. The van der Waals surface area contributed by atoms with Crippen molar-refractivity contribution >= 4 is 16.1 Å². The number of carbonyl (C=O) groups excluding carboxylic acids is 1. The van der Waals surface area contributed by atoms with Crippen LogP contribution in [0.5, 0.6) is 0 Å². The first-order valence-electron chi connectivity index (χ1n) is 6.78. The van der Waals surface area contributed by atoms with Crippen LogP contribution in [0.4, 0.5) is 4.79 Å². The van der Waals surface area contributed by atoms with Crippen LogP contribution in [0.2, 0.25) is 0 Å². The molecule has 0 radical (unpaired) electrons. The molecular weight excluding hydrogens is 292 g/mol. The van der Waals surface area contributed by atoms with Gasteiger partial charge in [0.25, 0.3) is 0 Å². The van der Waals surface area contributed by atoms with E-state index in [-0.39, 0.29) is 13.2 Å². The van der Waals surface area contributed by atoms with Crippen LogP contribution in [0.25, 0.3) is 0 Å². The van der Waals surface area contributed by atoms with Crippen LogP contribution in [0.15, 0.2) is 30.3 Å². The highest BCUT2D eigenvalue weighted by atomic mass is 32.2. The number of sulfonamides is 1. The summed E-state index contributed by atoms with van der Waals surface area (Å²) in [5, 5.41) is -0.545. The zero-order valence-electron chi connectivity index (χ0n) is 12.2. The van der Waals surface area contributed by atoms with Gasteiger partial charge >= 0.3 is 6.09 Å². The maximum Gasteiger partial charge on any atom is 0.410 e. The van der Waals surface area contributed by atoms with Crippen LogP contribution in [0.3, 0.4) is 0 Å². The van der Waals surface area contributed by atoms with E-state index in [1.165, 1.54) is 23.3 Å². The average molecular weight is 312 g/mol. The van der Waals surface area contributed by atoms with E-state index in [2.05, 4.69) is 0 Å². The molecule has 116 valence electrons. The molecule has 1 aliphatic rings. The van der Waals surface area contributed by atoms with Crippen molar-refractivity contribution in [2.45, 2.75) is 18.3 Å². The molecule has 0 N–H and O–H groups in total. The van der Waals surface area contributed by atoms with Gasteiger partial charge in [0.2, 0.25) is 10.0 Å². The average Bonchev–Trinajstić information content (AvgIpc) is 2.96. The van der Waals surface area contributed by atoms with Crippen LogP contribution in [-0.4, -0.2) is 56.2 Å². The van der Waals surface area contributed by atoms with E-state index in [9.17, 15) is 13.2 Å². The van der Waals surface area contributed by atoms with Crippen molar-refractivity contribution in [3.8, 4) is 0 Å². The fraction of sp³-hybridized carbons (Fsp3) is 0.500. The maximum atomic E-state index is 12.0. The molecule has 1 amide bonds. The van der Waals surface area contributed by atoms with E-state index in [0.717, 1.165) is 5.56 Å². The SMILES string of the molecule is CN(C)S(=O)(=O)C1CCN(C(=O)OCc2ccccc2)C1. The fourth-order valence-corrected chi connectivity index (χ4v) is 3.61. The third kappa shape index (κ3) is 3.74. The maximum absolute atomic E-state index is 12.0. The van der Waals surface area contributed by atoms with Gasteiger partial charge in [0.1, 0.15) is 6.61 Å². The van der Waals surface area contributed by atoms with Crippen molar-refractivity contribution in [2.24, 2.45) is 0 Å². The van der Waals surface area contributed by atoms with Crippen molar-refractivity contribution in [1.29, 1.82) is 0 Å². The monoisotopic (exact) mass is 312 g/mol. The second kappa shape index (κ2) is 6.44. The van der Waals surface area contributed by atoms with E-state index in [0.29, 0.717) is 13.0 Å². The number of rotatable bonds is 4. The van der Waals surface area contributed by atoms with Crippen LogP contribution >= 0.6 is 0 Å². The molecule has 7 heteroatoms. The smallest absolute Gasteiger partial charge is 0.410 e. The summed E-state index contributed by atoms with van der Waals surface area (Å²) >= 11 is 0. The molecule has 1 unspecified atom stereocenters. The Balaban J connectivity index is 1.88. The molecule has 1 aromatic rings. The lowest BCUT2D eigenvalue weighted by Crippen LogP contribution is -2.37. The molecule has 21 heavy (non-hydrogen) atoms. The quantitative estimate of drug-likeness (QED) is 0.840. The molecule has 6 nitrogen and oxygen atoms in total. The molecule has 1 aliphatic heterocycles. The zero-order valence-corrected chi connectivity index (χ0v) is 13.0. The van der Waals surface area contributed by atoms with Crippen LogP contribution in [0, 0.1) is 0 Å². The molecule has 2 rings (SSSR count). The van der Waals surface area contributed by atoms with Gasteiger partial charge in [-0.15, -0.1) is 0 Å². The van der Waals surface area contributed by atoms with Gasteiger partial charge in [-0.1, -0.05) is 30.3 Å². The molecule has 0 saturated carbocycles. The van der Waals surface area contributed by atoms with E-state index in [1.807, 2.05) is 30.3 Å². The minimum Gasteiger partial charge on any atom is -0.445 e. The number of likely N-dealkylation sites (tertiary alicyclic amines) is 1. The van der Waals surface area contributed by atoms with Crippen molar-refractivity contribution in [3.63, 3.8) is 0 Å². The van der Waals surface area contributed by atoms with E-state index < -0.39 is 21.4 Å². The molecule has 1 aromatic carbocycles. The molecule has 1 atom stereocenters. The summed E-state index contributed by atoms with van der Waals surface area (Å²) in [6.45, 7) is 0.792. The molecular formula is C14H20N2O4S. The van der Waals surface area contributed by atoms with Crippen molar-refractivity contribution < 1.29 is 17.9 Å². The Morgan fingerprint density at radius 1 is 1.33 bits per heavy atom. The summed E-state index contributed by atoms with van der Waals surface area (Å²) in [5.74, 6) is 0. The summed E-state index contributed by atoms with van der Waals surface area (Å²) in [4.78, 5) is 13.4. The Morgan fingerprint density at radius 2 is 2.00 bits per heavy atom. The van der Waals surface area contributed by atoms with Gasteiger partial charge in [-0.3, -0.25) is 0 Å². The number of benzene rings is 1. The lowest BCUT2D eigenvalue weighted by atomic mass is 10.2. The lowest BCUT2D eigenvalue weighted by molar-refractivity contribution is 0.104. The third-order valence-corrected chi connectivity index (χ3v) is 5.78. The second-order valence-corrected chi connectivity index (χ2v) is 7.65. The van der Waals surface area contributed by atoms with Gasteiger partial charge in [0.05, 0.1) is 5.25 Å². The Labute approximate surface area is 125 Å². The minimum atomic E-state index is -3.33. The topological polar surface area (TPSA) is 66.9 Å². The Bertz CT molecular complexity index is 586. The van der Waals surface area contributed by atoms with Crippen molar-refractivity contribution in [1.82, 2.24) is 9.21 Å². The molecule has 0 bridgehead atoms. The van der Waals surface area contributed by atoms with Gasteiger partial charge in [-0.05, 0) is 12.0 Å². The molecule has 0 aliphatic carbocycles. The lowest BCUT2D eigenvalue weighted by Gasteiger charge is -2.19. The number of nitrogens with zero attached hydrogens (tertiary/aromatic N) is 2. The summed E-state index contributed by atoms with van der Waals surface area (Å²) in [6, 6.07) is 9.38. The van der Waals surface area contributed by atoms with Gasteiger partial charge in [-0.2, -0.15) is 0 Å². The number of hydrogen-bond acceptors (Lipinski definition) is 4. The predicted octanol–water partition coefficient (Wildman–Crippen LogP) is 1.29. The minimum absolute atomic E-state index is 0.189. The third-order valence-electron chi connectivity index (χ3n) is 3.54. The number of carbonyl (C=O) groups is 1. The second-order valence-electron chi connectivity index (χ2n) is 5.22.